The second-order valence-electron chi connectivity index (χ2n) is 4.40. The van der Waals surface area contributed by atoms with E-state index in [0.717, 1.165) is 6.42 Å². The van der Waals surface area contributed by atoms with Crippen LogP contribution >= 0.6 is 0 Å². The van der Waals surface area contributed by atoms with E-state index in [4.69, 9.17) is 5.73 Å². The minimum Gasteiger partial charge on any atom is -0.319 e. The molecule has 0 heterocycles. The standard InChI is InChI=1S/C13H18FNO/c1-3-7-13(2,15)12(16)9-10-5-4-6-11(14)8-10/h4-6,8H,3,7,9,15H2,1-2H3. The Bertz CT molecular complexity index is 374. The summed E-state index contributed by atoms with van der Waals surface area (Å²) in [6.07, 6.45) is 1.72. The first-order chi connectivity index (χ1) is 7.45. The highest BCUT2D eigenvalue weighted by Gasteiger charge is 2.26. The van der Waals surface area contributed by atoms with Crippen LogP contribution in [-0.4, -0.2) is 11.3 Å². The zero-order valence-corrected chi connectivity index (χ0v) is 9.79. The Morgan fingerprint density at radius 1 is 1.50 bits per heavy atom. The molecule has 0 aliphatic rings. The highest BCUT2D eigenvalue weighted by atomic mass is 19.1. The predicted molar refractivity (Wildman–Crippen MR) is 62.6 cm³/mol. The summed E-state index contributed by atoms with van der Waals surface area (Å²) >= 11 is 0. The van der Waals surface area contributed by atoms with Crippen molar-refractivity contribution < 1.29 is 9.18 Å². The van der Waals surface area contributed by atoms with Crippen LogP contribution in [0.25, 0.3) is 0 Å². The van der Waals surface area contributed by atoms with Gasteiger partial charge in [-0.05, 0) is 31.0 Å². The van der Waals surface area contributed by atoms with Crippen LogP contribution in [0.3, 0.4) is 0 Å². The molecule has 1 atom stereocenters. The van der Waals surface area contributed by atoms with E-state index < -0.39 is 5.54 Å². The molecule has 0 aliphatic carbocycles. The van der Waals surface area contributed by atoms with Crippen molar-refractivity contribution in [1.29, 1.82) is 0 Å². The Labute approximate surface area is 95.7 Å². The fraction of sp³-hybridized carbons (Fsp3) is 0.462. The Kier molecular flexibility index (Phi) is 4.19. The molecule has 1 aromatic rings. The molecule has 1 aromatic carbocycles. The quantitative estimate of drug-likeness (QED) is 0.833. The number of halogens is 1. The highest BCUT2D eigenvalue weighted by molar-refractivity contribution is 5.89. The molecule has 0 spiro atoms. The second-order valence-corrected chi connectivity index (χ2v) is 4.40. The maximum Gasteiger partial charge on any atom is 0.156 e. The number of ketones is 1. The maximum absolute atomic E-state index is 12.9. The van der Waals surface area contributed by atoms with Crippen LogP contribution in [0.1, 0.15) is 32.3 Å². The molecule has 0 bridgehead atoms. The van der Waals surface area contributed by atoms with E-state index in [1.165, 1.54) is 12.1 Å². The van der Waals surface area contributed by atoms with E-state index in [0.29, 0.717) is 12.0 Å². The Morgan fingerprint density at radius 3 is 2.75 bits per heavy atom. The van der Waals surface area contributed by atoms with Gasteiger partial charge in [0.05, 0.1) is 5.54 Å². The molecular weight excluding hydrogens is 205 g/mol. The molecule has 2 nitrogen and oxygen atoms in total. The molecule has 0 radical (unpaired) electrons. The van der Waals surface area contributed by atoms with Crippen LogP contribution in [0.4, 0.5) is 4.39 Å². The van der Waals surface area contributed by atoms with Gasteiger partial charge in [-0.3, -0.25) is 4.79 Å². The normalized spacial score (nSPS) is 14.5. The fourth-order valence-corrected chi connectivity index (χ4v) is 1.69. The van der Waals surface area contributed by atoms with Crippen molar-refractivity contribution in [1.82, 2.24) is 0 Å². The summed E-state index contributed by atoms with van der Waals surface area (Å²) in [7, 11) is 0. The average molecular weight is 223 g/mol. The van der Waals surface area contributed by atoms with E-state index in [1.54, 1.807) is 19.1 Å². The molecule has 0 fully saturated rings. The highest BCUT2D eigenvalue weighted by Crippen LogP contribution is 2.14. The maximum atomic E-state index is 12.9. The molecule has 0 aromatic heterocycles. The van der Waals surface area contributed by atoms with Gasteiger partial charge in [0.15, 0.2) is 5.78 Å². The summed E-state index contributed by atoms with van der Waals surface area (Å²) in [5.41, 5.74) is 5.79. The number of benzene rings is 1. The van der Waals surface area contributed by atoms with Crippen LogP contribution in [0.2, 0.25) is 0 Å². The van der Waals surface area contributed by atoms with E-state index in [-0.39, 0.29) is 18.0 Å². The Morgan fingerprint density at radius 2 is 2.19 bits per heavy atom. The fourth-order valence-electron chi connectivity index (χ4n) is 1.69. The SMILES string of the molecule is CCCC(C)(N)C(=O)Cc1cccc(F)c1. The topological polar surface area (TPSA) is 43.1 Å². The lowest BCUT2D eigenvalue weighted by atomic mass is 9.88. The number of Topliss-reactive ketones (excluding diaryl/α,β-unsaturated/α-hetero) is 1. The smallest absolute Gasteiger partial charge is 0.156 e. The molecule has 16 heavy (non-hydrogen) atoms. The van der Waals surface area contributed by atoms with Gasteiger partial charge in [0.2, 0.25) is 0 Å². The molecule has 0 amide bonds. The van der Waals surface area contributed by atoms with Gasteiger partial charge in [-0.1, -0.05) is 25.5 Å². The average Bonchev–Trinajstić information content (AvgIpc) is 2.17. The molecular formula is C13H18FNO. The zero-order valence-electron chi connectivity index (χ0n) is 9.79. The zero-order chi connectivity index (χ0) is 12.2. The minimum absolute atomic E-state index is 0.0417. The lowest BCUT2D eigenvalue weighted by molar-refractivity contribution is -0.123. The largest absolute Gasteiger partial charge is 0.319 e. The van der Waals surface area contributed by atoms with E-state index >= 15 is 0 Å². The lowest BCUT2D eigenvalue weighted by Crippen LogP contribution is -2.45. The third-order valence-corrected chi connectivity index (χ3v) is 2.66. The van der Waals surface area contributed by atoms with Crippen LogP contribution in [0.5, 0.6) is 0 Å². The molecule has 3 heteroatoms. The summed E-state index contributed by atoms with van der Waals surface area (Å²) in [4.78, 5) is 11.9. The van der Waals surface area contributed by atoms with Gasteiger partial charge in [-0.15, -0.1) is 0 Å². The van der Waals surface area contributed by atoms with Gasteiger partial charge in [0, 0.05) is 6.42 Å². The van der Waals surface area contributed by atoms with Crippen molar-refractivity contribution in [2.24, 2.45) is 5.73 Å². The first-order valence-electron chi connectivity index (χ1n) is 5.52. The Balaban J connectivity index is 2.71. The third kappa shape index (κ3) is 3.42. The molecule has 1 unspecified atom stereocenters. The molecule has 0 aliphatic heterocycles. The van der Waals surface area contributed by atoms with Crippen LogP contribution in [-0.2, 0) is 11.2 Å². The number of hydrogen-bond acceptors (Lipinski definition) is 2. The van der Waals surface area contributed by atoms with Gasteiger partial charge in [0.1, 0.15) is 5.82 Å². The van der Waals surface area contributed by atoms with Crippen molar-refractivity contribution in [3.8, 4) is 0 Å². The first-order valence-corrected chi connectivity index (χ1v) is 5.52. The summed E-state index contributed by atoms with van der Waals surface area (Å²) < 4.78 is 12.9. The van der Waals surface area contributed by atoms with Crippen molar-refractivity contribution in [3.63, 3.8) is 0 Å². The van der Waals surface area contributed by atoms with Gasteiger partial charge in [0.25, 0.3) is 0 Å². The van der Waals surface area contributed by atoms with Crippen molar-refractivity contribution in [2.45, 2.75) is 38.6 Å². The number of nitrogens with two attached hydrogens (primary N) is 1. The van der Waals surface area contributed by atoms with Crippen LogP contribution in [0.15, 0.2) is 24.3 Å². The number of carbonyl (C=O) groups is 1. The minimum atomic E-state index is -0.804. The Hall–Kier alpha value is -1.22. The van der Waals surface area contributed by atoms with E-state index in [9.17, 15) is 9.18 Å². The molecule has 88 valence electrons. The summed E-state index contributed by atoms with van der Waals surface area (Å²) in [6.45, 7) is 3.72. The third-order valence-electron chi connectivity index (χ3n) is 2.66. The summed E-state index contributed by atoms with van der Waals surface area (Å²) in [6, 6.07) is 6.08. The van der Waals surface area contributed by atoms with E-state index in [2.05, 4.69) is 0 Å². The number of rotatable bonds is 5. The molecule has 0 saturated carbocycles. The summed E-state index contributed by atoms with van der Waals surface area (Å²) in [5, 5.41) is 0. The van der Waals surface area contributed by atoms with Gasteiger partial charge < -0.3 is 5.73 Å². The van der Waals surface area contributed by atoms with Gasteiger partial charge >= 0.3 is 0 Å². The monoisotopic (exact) mass is 223 g/mol. The second kappa shape index (κ2) is 5.21. The number of carbonyl (C=O) groups excluding carboxylic acids is 1. The number of hydrogen-bond donors (Lipinski definition) is 1. The molecule has 0 saturated heterocycles. The van der Waals surface area contributed by atoms with Gasteiger partial charge in [-0.25, -0.2) is 4.39 Å². The van der Waals surface area contributed by atoms with Crippen LogP contribution < -0.4 is 5.73 Å². The lowest BCUT2D eigenvalue weighted by Gasteiger charge is -2.22. The van der Waals surface area contributed by atoms with Crippen molar-refractivity contribution >= 4 is 5.78 Å². The van der Waals surface area contributed by atoms with Crippen LogP contribution in [0, 0.1) is 5.82 Å². The first kappa shape index (κ1) is 12.8. The summed E-state index contributed by atoms with van der Waals surface area (Å²) in [5.74, 6) is -0.362. The van der Waals surface area contributed by atoms with Crippen molar-refractivity contribution in [2.75, 3.05) is 0 Å². The van der Waals surface area contributed by atoms with Crippen molar-refractivity contribution in [3.05, 3.63) is 35.6 Å². The van der Waals surface area contributed by atoms with Gasteiger partial charge in [-0.2, -0.15) is 0 Å². The van der Waals surface area contributed by atoms with E-state index in [1.807, 2.05) is 6.92 Å². The molecule has 2 N–H and O–H groups in total. The molecule has 1 rings (SSSR count). The predicted octanol–water partition coefficient (Wildman–Crippen LogP) is 2.45.